The van der Waals surface area contributed by atoms with Gasteiger partial charge in [-0.05, 0) is 83.6 Å². The monoisotopic (exact) mass is 719 g/mol. The van der Waals surface area contributed by atoms with Gasteiger partial charge in [-0.15, -0.1) is 0 Å². The van der Waals surface area contributed by atoms with E-state index < -0.39 is 5.41 Å². The lowest BCUT2D eigenvalue weighted by Gasteiger charge is -2.46. The van der Waals surface area contributed by atoms with Gasteiger partial charge in [0.05, 0.1) is 5.41 Å². The van der Waals surface area contributed by atoms with E-state index in [2.05, 4.69) is 213 Å². The van der Waals surface area contributed by atoms with E-state index in [4.69, 9.17) is 4.99 Å². The number of amidine groups is 1. The number of fused-ring (bicyclic) bond motifs is 10. The van der Waals surface area contributed by atoms with E-state index >= 15 is 0 Å². The van der Waals surface area contributed by atoms with Crippen LogP contribution < -0.4 is 10.6 Å². The summed E-state index contributed by atoms with van der Waals surface area (Å²) in [6, 6.07) is 69.0. The van der Waals surface area contributed by atoms with Gasteiger partial charge in [0.1, 0.15) is 18.2 Å². The molecule has 2 unspecified atom stereocenters. The smallest absolute Gasteiger partial charge is 0.132 e. The highest BCUT2D eigenvalue weighted by atomic mass is 15.3. The molecule has 8 aromatic rings. The second kappa shape index (κ2) is 12.5. The molecule has 3 nitrogen and oxygen atoms in total. The summed E-state index contributed by atoms with van der Waals surface area (Å²) in [6.07, 6.45) is -0.409. The highest BCUT2D eigenvalue weighted by Crippen LogP contribution is 2.62. The fourth-order valence-electron chi connectivity index (χ4n) is 10.0. The zero-order chi connectivity index (χ0) is 37.4. The van der Waals surface area contributed by atoms with Crippen molar-refractivity contribution in [1.29, 1.82) is 0 Å². The van der Waals surface area contributed by atoms with Crippen molar-refractivity contribution in [2.45, 2.75) is 37.0 Å². The molecule has 2 atom stereocenters. The fraction of sp³-hybridized carbons (Fsp3) is 0.113. The Morgan fingerprint density at radius 2 is 1.02 bits per heavy atom. The molecule has 1 spiro atoms. The lowest BCUT2D eigenvalue weighted by atomic mass is 9.55. The number of nitrogens with one attached hydrogen (secondary N) is 2. The first kappa shape index (κ1) is 32.8. The second-order valence-electron chi connectivity index (χ2n) is 16.0. The van der Waals surface area contributed by atoms with Gasteiger partial charge in [-0.2, -0.15) is 0 Å². The maximum absolute atomic E-state index is 5.48. The molecule has 56 heavy (non-hydrogen) atoms. The third-order valence-electron chi connectivity index (χ3n) is 12.6. The molecule has 2 aliphatic carbocycles. The van der Waals surface area contributed by atoms with Gasteiger partial charge >= 0.3 is 0 Å². The standard InChI is InChI=1S/C53H41N3/c1-52(2)43-22-10-12-24-45(43)53(46-25-13-11-23-44(46)52)42-21-9-8-19-40(42)48-41(20-14-26-47(48)53)51-55-49(36-16-4-3-5-17-36)54-50(56-51)37-30-27-35(28-31-37)39-32-29-34-15-6-7-18-38(34)33-39/h3-33,49-50,54H,1-2H3,(H,55,56). The molecular weight excluding hydrogens is 679 g/mol. The molecule has 0 saturated heterocycles. The minimum absolute atomic E-state index is 0.144. The number of rotatable bonds is 4. The average molecular weight is 720 g/mol. The molecule has 0 amide bonds. The first-order chi connectivity index (χ1) is 27.5. The summed E-state index contributed by atoms with van der Waals surface area (Å²) in [4.78, 5) is 5.48. The molecule has 268 valence electrons. The number of aliphatic imine (C=N–C) groups is 1. The summed E-state index contributed by atoms with van der Waals surface area (Å²) < 4.78 is 0. The molecule has 1 aliphatic heterocycles. The van der Waals surface area contributed by atoms with Gasteiger partial charge in [0, 0.05) is 11.0 Å². The summed E-state index contributed by atoms with van der Waals surface area (Å²) in [5.41, 5.74) is 15.8. The van der Waals surface area contributed by atoms with E-state index in [0.717, 1.165) is 22.5 Å². The van der Waals surface area contributed by atoms with Gasteiger partial charge < -0.3 is 5.32 Å². The van der Waals surface area contributed by atoms with E-state index in [-0.39, 0.29) is 17.7 Å². The van der Waals surface area contributed by atoms with Gasteiger partial charge in [-0.1, -0.05) is 196 Å². The lowest BCUT2D eigenvalue weighted by molar-refractivity contribution is 0.409. The highest BCUT2D eigenvalue weighted by molar-refractivity contribution is 6.08. The van der Waals surface area contributed by atoms with Crippen LogP contribution in [-0.4, -0.2) is 5.84 Å². The number of benzene rings is 8. The van der Waals surface area contributed by atoms with Crippen LogP contribution in [0.4, 0.5) is 0 Å². The molecule has 0 fully saturated rings. The van der Waals surface area contributed by atoms with Gasteiger partial charge in [-0.3, -0.25) is 5.32 Å². The maximum atomic E-state index is 5.48. The van der Waals surface area contributed by atoms with Crippen molar-refractivity contribution in [2.24, 2.45) is 4.99 Å². The van der Waals surface area contributed by atoms with Crippen molar-refractivity contribution < 1.29 is 0 Å². The average Bonchev–Trinajstić information content (AvgIpc) is 3.57. The van der Waals surface area contributed by atoms with Crippen LogP contribution >= 0.6 is 0 Å². The zero-order valence-corrected chi connectivity index (χ0v) is 31.5. The van der Waals surface area contributed by atoms with E-state index in [9.17, 15) is 0 Å². The van der Waals surface area contributed by atoms with Crippen LogP contribution in [0.5, 0.6) is 0 Å². The number of hydrogen-bond acceptors (Lipinski definition) is 3. The molecule has 0 bridgehead atoms. The Labute approximate surface area is 328 Å². The third-order valence-corrected chi connectivity index (χ3v) is 12.6. The molecule has 0 radical (unpaired) electrons. The molecule has 3 aliphatic rings. The Hall–Kier alpha value is -6.55. The van der Waals surface area contributed by atoms with Crippen LogP contribution in [-0.2, 0) is 10.8 Å². The molecule has 2 N–H and O–H groups in total. The molecule has 3 heteroatoms. The fourth-order valence-corrected chi connectivity index (χ4v) is 10.0. The molecule has 8 aromatic carbocycles. The summed E-state index contributed by atoms with van der Waals surface area (Å²) >= 11 is 0. The van der Waals surface area contributed by atoms with Gasteiger partial charge in [0.15, 0.2) is 0 Å². The Balaban J connectivity index is 1.07. The largest absolute Gasteiger partial charge is 0.350 e. The van der Waals surface area contributed by atoms with Crippen molar-refractivity contribution >= 4 is 16.6 Å². The summed E-state index contributed by atoms with van der Waals surface area (Å²) in [7, 11) is 0. The topological polar surface area (TPSA) is 36.4 Å². The minimum atomic E-state index is -0.463. The number of nitrogens with zero attached hydrogens (tertiary/aromatic N) is 1. The van der Waals surface area contributed by atoms with E-state index in [1.165, 1.54) is 66.4 Å². The maximum Gasteiger partial charge on any atom is 0.132 e. The quantitative estimate of drug-likeness (QED) is 0.190. The molecule has 0 saturated carbocycles. The highest BCUT2D eigenvalue weighted by Gasteiger charge is 2.53. The predicted octanol–water partition coefficient (Wildman–Crippen LogP) is 11.8. The molecular formula is C53H41N3. The lowest BCUT2D eigenvalue weighted by Crippen LogP contribution is -2.45. The van der Waals surface area contributed by atoms with Crippen LogP contribution in [0, 0.1) is 0 Å². The Kier molecular flexibility index (Phi) is 7.33. The van der Waals surface area contributed by atoms with Gasteiger partial charge in [0.25, 0.3) is 0 Å². The molecule has 0 aromatic heterocycles. The second-order valence-corrected chi connectivity index (χ2v) is 16.0. The van der Waals surface area contributed by atoms with Crippen LogP contribution in [0.3, 0.4) is 0 Å². The van der Waals surface area contributed by atoms with E-state index in [1.54, 1.807) is 0 Å². The van der Waals surface area contributed by atoms with E-state index in [1.807, 2.05) is 0 Å². The Bertz CT molecular complexity index is 2800. The minimum Gasteiger partial charge on any atom is -0.350 e. The first-order valence-corrected chi connectivity index (χ1v) is 19.7. The Morgan fingerprint density at radius 1 is 0.446 bits per heavy atom. The SMILES string of the molecule is CC1(C)c2ccccc2C2(c3ccccc3-c3c(C4=NC(c5ccccc5)NC(c5ccc(-c6ccc7ccccc7c6)cc5)N4)cccc32)c2ccccc21. The first-order valence-electron chi connectivity index (χ1n) is 19.7. The third kappa shape index (κ3) is 4.77. The van der Waals surface area contributed by atoms with Gasteiger partial charge in [-0.25, -0.2) is 4.99 Å². The van der Waals surface area contributed by atoms with Crippen molar-refractivity contribution in [1.82, 2.24) is 10.6 Å². The summed E-state index contributed by atoms with van der Waals surface area (Å²) in [5, 5.41) is 10.3. The number of hydrogen-bond donors (Lipinski definition) is 2. The van der Waals surface area contributed by atoms with Crippen molar-refractivity contribution in [3.63, 3.8) is 0 Å². The van der Waals surface area contributed by atoms with Crippen molar-refractivity contribution in [3.05, 3.63) is 238 Å². The van der Waals surface area contributed by atoms with Crippen molar-refractivity contribution in [2.75, 3.05) is 0 Å². The van der Waals surface area contributed by atoms with Gasteiger partial charge in [0.2, 0.25) is 0 Å². The molecule has 11 rings (SSSR count). The van der Waals surface area contributed by atoms with Crippen LogP contribution in [0.15, 0.2) is 193 Å². The van der Waals surface area contributed by atoms with Crippen LogP contribution in [0.2, 0.25) is 0 Å². The predicted molar refractivity (Wildman–Crippen MR) is 230 cm³/mol. The van der Waals surface area contributed by atoms with Crippen LogP contribution in [0.25, 0.3) is 33.0 Å². The molecule has 1 heterocycles. The van der Waals surface area contributed by atoms with E-state index in [0.29, 0.717) is 0 Å². The zero-order valence-electron chi connectivity index (χ0n) is 31.5. The van der Waals surface area contributed by atoms with Crippen molar-refractivity contribution in [3.8, 4) is 22.3 Å². The summed E-state index contributed by atoms with van der Waals surface area (Å²) in [5.74, 6) is 0.891. The Morgan fingerprint density at radius 3 is 1.75 bits per heavy atom. The van der Waals surface area contributed by atoms with Crippen LogP contribution in [0.1, 0.15) is 76.3 Å². The normalized spacial score (nSPS) is 18.3. The summed E-state index contributed by atoms with van der Waals surface area (Å²) in [6.45, 7) is 4.75.